The van der Waals surface area contributed by atoms with Crippen LogP contribution in [0.25, 0.3) is 11.0 Å². The first-order chi connectivity index (χ1) is 14.1. The van der Waals surface area contributed by atoms with Crippen LogP contribution in [-0.4, -0.2) is 47.7 Å². The number of hydrogen-bond acceptors (Lipinski definition) is 6. The maximum atomic E-state index is 12.7. The summed E-state index contributed by atoms with van der Waals surface area (Å²) < 4.78 is 1.99. The molecule has 2 fully saturated rings. The van der Waals surface area contributed by atoms with E-state index in [4.69, 9.17) is 4.98 Å². The van der Waals surface area contributed by atoms with Gasteiger partial charge in [0.15, 0.2) is 5.65 Å². The monoisotopic (exact) mass is 393 g/mol. The first-order valence-electron chi connectivity index (χ1n) is 10.6. The van der Waals surface area contributed by atoms with Crippen LogP contribution >= 0.6 is 0 Å². The van der Waals surface area contributed by atoms with Crippen LogP contribution in [0, 0.1) is 12.8 Å². The van der Waals surface area contributed by atoms with E-state index in [2.05, 4.69) is 31.9 Å². The van der Waals surface area contributed by atoms with Gasteiger partial charge in [0, 0.05) is 31.7 Å². The Balaban J connectivity index is 1.42. The fraction of sp³-hybridized carbons (Fsp3) is 0.571. The second-order valence-corrected chi connectivity index (χ2v) is 8.59. The minimum atomic E-state index is -0.0775. The number of H-pyrrole nitrogens is 1. The molecule has 2 atom stereocenters. The van der Waals surface area contributed by atoms with Crippen molar-refractivity contribution < 1.29 is 0 Å². The van der Waals surface area contributed by atoms with Crippen molar-refractivity contribution in [1.82, 2.24) is 34.6 Å². The highest BCUT2D eigenvalue weighted by atomic mass is 16.1. The van der Waals surface area contributed by atoms with Crippen molar-refractivity contribution in [2.24, 2.45) is 5.92 Å². The molecule has 5 rings (SSSR count). The third-order valence-corrected chi connectivity index (χ3v) is 6.41. The molecule has 8 heteroatoms. The SMILES string of the molecule is Cc1nccc(CN2C[C@@H](C)[C@H](c3nc4c(cnn4C4CCCC4)c(=O)[nH]3)C2)n1. The number of rotatable bonds is 4. The molecule has 3 aromatic heterocycles. The number of aromatic nitrogens is 6. The lowest BCUT2D eigenvalue weighted by atomic mass is 9.97. The number of hydrogen-bond donors (Lipinski definition) is 1. The summed E-state index contributed by atoms with van der Waals surface area (Å²) in [5.74, 6) is 2.18. The van der Waals surface area contributed by atoms with Crippen molar-refractivity contribution in [2.45, 2.75) is 58.0 Å². The quantitative estimate of drug-likeness (QED) is 0.732. The van der Waals surface area contributed by atoms with Gasteiger partial charge in [0.2, 0.25) is 0 Å². The first-order valence-corrected chi connectivity index (χ1v) is 10.6. The minimum absolute atomic E-state index is 0.0775. The molecule has 0 unspecified atom stereocenters. The summed E-state index contributed by atoms with van der Waals surface area (Å²) in [4.78, 5) is 31.8. The lowest BCUT2D eigenvalue weighted by Gasteiger charge is -2.16. The Morgan fingerprint density at radius 1 is 1.21 bits per heavy atom. The molecule has 8 nitrogen and oxygen atoms in total. The van der Waals surface area contributed by atoms with E-state index in [-0.39, 0.29) is 11.5 Å². The van der Waals surface area contributed by atoms with Crippen LogP contribution in [0.2, 0.25) is 0 Å². The van der Waals surface area contributed by atoms with Crippen molar-refractivity contribution in [3.05, 3.63) is 46.2 Å². The van der Waals surface area contributed by atoms with Crippen molar-refractivity contribution >= 4 is 11.0 Å². The number of nitrogens with zero attached hydrogens (tertiary/aromatic N) is 6. The third kappa shape index (κ3) is 3.46. The van der Waals surface area contributed by atoms with Crippen LogP contribution in [0.3, 0.4) is 0 Å². The van der Waals surface area contributed by atoms with Gasteiger partial charge in [-0.25, -0.2) is 19.6 Å². The van der Waals surface area contributed by atoms with Gasteiger partial charge in [0.25, 0.3) is 5.56 Å². The second kappa shape index (κ2) is 7.33. The molecule has 29 heavy (non-hydrogen) atoms. The Morgan fingerprint density at radius 3 is 2.83 bits per heavy atom. The lowest BCUT2D eigenvalue weighted by Crippen LogP contribution is -2.22. The van der Waals surface area contributed by atoms with E-state index >= 15 is 0 Å². The van der Waals surface area contributed by atoms with Crippen LogP contribution in [0.4, 0.5) is 0 Å². The summed E-state index contributed by atoms with van der Waals surface area (Å²) in [6, 6.07) is 2.34. The predicted octanol–water partition coefficient (Wildman–Crippen LogP) is 2.57. The fourth-order valence-corrected chi connectivity index (χ4v) is 4.92. The number of likely N-dealkylation sites (tertiary alicyclic amines) is 1. The Bertz CT molecular complexity index is 1080. The summed E-state index contributed by atoms with van der Waals surface area (Å²) in [6.45, 7) is 6.74. The molecule has 0 amide bonds. The summed E-state index contributed by atoms with van der Waals surface area (Å²) in [6.07, 6.45) is 8.16. The average molecular weight is 393 g/mol. The standard InChI is InChI=1S/C21H27N7O/c1-13-10-27(11-15-7-8-22-14(2)24-15)12-18(13)19-25-20-17(21(29)26-19)9-23-28(20)16-5-3-4-6-16/h7-9,13,16,18H,3-6,10-12H2,1-2H3,(H,25,26,29)/t13-,18-/m1/s1. The largest absolute Gasteiger partial charge is 0.310 e. The fourth-order valence-electron chi connectivity index (χ4n) is 4.92. The van der Waals surface area contributed by atoms with E-state index in [0.29, 0.717) is 17.3 Å². The molecule has 2 aliphatic rings. The molecule has 4 heterocycles. The number of aryl methyl sites for hydroxylation is 1. The van der Waals surface area contributed by atoms with Crippen LogP contribution in [0.1, 0.15) is 61.9 Å². The highest BCUT2D eigenvalue weighted by Gasteiger charge is 2.33. The van der Waals surface area contributed by atoms with Gasteiger partial charge in [-0.15, -0.1) is 0 Å². The summed E-state index contributed by atoms with van der Waals surface area (Å²) in [5.41, 5.74) is 1.70. The van der Waals surface area contributed by atoms with Gasteiger partial charge in [-0.05, 0) is 31.7 Å². The summed E-state index contributed by atoms with van der Waals surface area (Å²) >= 11 is 0. The van der Waals surface area contributed by atoms with Gasteiger partial charge in [-0.1, -0.05) is 19.8 Å². The van der Waals surface area contributed by atoms with E-state index in [1.807, 2.05) is 23.9 Å². The zero-order valence-corrected chi connectivity index (χ0v) is 17.0. The van der Waals surface area contributed by atoms with Crippen LogP contribution in [-0.2, 0) is 6.54 Å². The molecule has 0 radical (unpaired) electrons. The maximum Gasteiger partial charge on any atom is 0.262 e. The smallest absolute Gasteiger partial charge is 0.262 e. The molecule has 0 bridgehead atoms. The van der Waals surface area contributed by atoms with Crippen LogP contribution in [0.15, 0.2) is 23.3 Å². The molecule has 1 aliphatic carbocycles. The molecule has 1 N–H and O–H groups in total. The second-order valence-electron chi connectivity index (χ2n) is 8.59. The topological polar surface area (TPSA) is 92.6 Å². The van der Waals surface area contributed by atoms with Gasteiger partial charge < -0.3 is 4.98 Å². The predicted molar refractivity (Wildman–Crippen MR) is 110 cm³/mol. The van der Waals surface area contributed by atoms with Crippen molar-refractivity contribution in [3.8, 4) is 0 Å². The van der Waals surface area contributed by atoms with Crippen LogP contribution in [0.5, 0.6) is 0 Å². The van der Waals surface area contributed by atoms with E-state index < -0.39 is 0 Å². The normalized spacial score (nSPS) is 23.4. The number of fused-ring (bicyclic) bond motifs is 1. The molecule has 1 aliphatic heterocycles. The van der Waals surface area contributed by atoms with E-state index in [9.17, 15) is 4.79 Å². The molecule has 1 saturated heterocycles. The Morgan fingerprint density at radius 2 is 2.03 bits per heavy atom. The Labute approximate surface area is 169 Å². The molecule has 0 spiro atoms. The zero-order valence-electron chi connectivity index (χ0n) is 17.0. The molecule has 0 aromatic carbocycles. The highest BCUT2D eigenvalue weighted by Crippen LogP contribution is 2.33. The zero-order chi connectivity index (χ0) is 20.0. The third-order valence-electron chi connectivity index (χ3n) is 6.41. The molecule has 1 saturated carbocycles. The van der Waals surface area contributed by atoms with Crippen LogP contribution < -0.4 is 5.56 Å². The van der Waals surface area contributed by atoms with Crippen molar-refractivity contribution in [3.63, 3.8) is 0 Å². The Hall–Kier alpha value is -2.61. The van der Waals surface area contributed by atoms with Gasteiger partial charge in [-0.3, -0.25) is 9.69 Å². The van der Waals surface area contributed by atoms with Gasteiger partial charge >= 0.3 is 0 Å². The molecule has 3 aromatic rings. The first kappa shape index (κ1) is 18.4. The Kier molecular flexibility index (Phi) is 4.66. The van der Waals surface area contributed by atoms with E-state index in [1.54, 1.807) is 6.20 Å². The van der Waals surface area contributed by atoms with Crippen molar-refractivity contribution in [1.29, 1.82) is 0 Å². The number of nitrogens with one attached hydrogen (secondary N) is 1. The maximum absolute atomic E-state index is 12.7. The highest BCUT2D eigenvalue weighted by molar-refractivity contribution is 5.73. The van der Waals surface area contributed by atoms with Gasteiger partial charge in [-0.2, -0.15) is 5.10 Å². The lowest BCUT2D eigenvalue weighted by molar-refractivity contribution is 0.314. The van der Waals surface area contributed by atoms with Crippen molar-refractivity contribution in [2.75, 3.05) is 13.1 Å². The average Bonchev–Trinajstić information content (AvgIpc) is 3.41. The number of aromatic amines is 1. The molecule has 152 valence electrons. The summed E-state index contributed by atoms with van der Waals surface area (Å²) in [5, 5.41) is 5.11. The van der Waals surface area contributed by atoms with E-state index in [1.165, 1.54) is 12.8 Å². The molecular weight excluding hydrogens is 366 g/mol. The minimum Gasteiger partial charge on any atom is -0.310 e. The van der Waals surface area contributed by atoms with Gasteiger partial charge in [0.1, 0.15) is 17.0 Å². The molecular formula is C21H27N7O. The van der Waals surface area contributed by atoms with Gasteiger partial charge in [0.05, 0.1) is 17.9 Å². The summed E-state index contributed by atoms with van der Waals surface area (Å²) in [7, 11) is 0. The van der Waals surface area contributed by atoms with E-state index in [0.717, 1.165) is 55.5 Å².